The summed E-state index contributed by atoms with van der Waals surface area (Å²) in [5.74, 6) is -1.34. The summed E-state index contributed by atoms with van der Waals surface area (Å²) in [7, 11) is 1.26. The molecule has 1 heterocycles. The topological polar surface area (TPSA) is 119 Å². The first kappa shape index (κ1) is 33.7. The van der Waals surface area contributed by atoms with Gasteiger partial charge in [0.1, 0.15) is 24.4 Å². The van der Waals surface area contributed by atoms with E-state index in [1.165, 1.54) is 7.11 Å². The van der Waals surface area contributed by atoms with Crippen LogP contribution in [0.1, 0.15) is 64.5 Å². The van der Waals surface area contributed by atoms with E-state index in [0.717, 1.165) is 5.56 Å². The highest BCUT2D eigenvalue weighted by atomic mass is 35.5. The van der Waals surface area contributed by atoms with E-state index >= 15 is 0 Å². The minimum absolute atomic E-state index is 0.176. The number of halogens is 2. The molecule has 0 spiro atoms. The molecule has 2 fully saturated rings. The smallest absolute Gasteiger partial charge is 0.489 e. The minimum atomic E-state index is -1.14. The highest BCUT2D eigenvalue weighted by molar-refractivity contribution is 6.35. The van der Waals surface area contributed by atoms with E-state index in [0.29, 0.717) is 47.0 Å². The third-order valence-electron chi connectivity index (χ3n) is 10.2. The van der Waals surface area contributed by atoms with Crippen molar-refractivity contribution in [1.29, 1.82) is 0 Å². The first-order chi connectivity index (χ1) is 20.7. The summed E-state index contributed by atoms with van der Waals surface area (Å²) in [6, 6.07) is 11.1. The van der Waals surface area contributed by atoms with Crippen LogP contribution in [0.3, 0.4) is 0 Å². The van der Waals surface area contributed by atoms with Gasteiger partial charge >= 0.3 is 18.0 Å². The normalized spacial score (nSPS) is 26.5. The third-order valence-corrected chi connectivity index (χ3v) is 10.9. The molecule has 1 aliphatic heterocycles. The fourth-order valence-electron chi connectivity index (χ4n) is 6.92. The van der Waals surface area contributed by atoms with E-state index in [1.54, 1.807) is 49.4 Å². The fraction of sp³-hybridized carbons (Fsp3) is 0.515. The Kier molecular flexibility index (Phi) is 10.0. The molecule has 9 nitrogen and oxygen atoms in total. The molecule has 2 aliphatic rings. The second-order valence-electron chi connectivity index (χ2n) is 12.7. The van der Waals surface area contributed by atoms with Crippen molar-refractivity contribution >= 4 is 47.1 Å². The summed E-state index contributed by atoms with van der Waals surface area (Å²) < 4.78 is 10.2. The zero-order valence-electron chi connectivity index (χ0n) is 25.8. The van der Waals surface area contributed by atoms with Gasteiger partial charge in [0.25, 0.3) is 0 Å². The molecular formula is C33H41Cl2N2O7+. The Balaban J connectivity index is 1.46. The number of nitrogens with zero attached hydrogens (tertiary/aromatic N) is 1. The first-order valence-electron chi connectivity index (χ1n) is 14.9. The fourth-order valence-corrected chi connectivity index (χ4v) is 7.43. The zero-order valence-corrected chi connectivity index (χ0v) is 27.3. The number of hydrogen-bond donors (Lipinski definition) is 2. The number of carboxylic acid groups (broad SMARTS) is 1. The van der Waals surface area contributed by atoms with Crippen molar-refractivity contribution in [3.05, 3.63) is 63.6 Å². The Hall–Kier alpha value is -3.14. The standard InChI is InChI=1S/C33H40Cl2N2O7/c1-20-8-7-17-37(20,31(41)42)30(40)33(4)16-15-24(32(33,2)3)28(38)36-27(29(39)43-5)18-21-11-13-22(14-12-21)44-19-23-25(34)9-6-10-26(23)35/h6,9-14,20,24,27H,7-8,15-19H2,1-5H3,(H-,36,38,41,42)/p+1/t20?,24-,27?,33?,37+/m1/s1. The zero-order chi connectivity index (χ0) is 32.4. The molecule has 0 aromatic heterocycles. The third kappa shape index (κ3) is 6.06. The monoisotopic (exact) mass is 647 g/mol. The summed E-state index contributed by atoms with van der Waals surface area (Å²) in [6.45, 7) is 7.73. The van der Waals surface area contributed by atoms with Gasteiger partial charge in [-0.1, -0.05) is 55.2 Å². The van der Waals surface area contributed by atoms with Gasteiger partial charge in [-0.2, -0.15) is 9.28 Å². The quantitative estimate of drug-likeness (QED) is 0.238. The Morgan fingerprint density at radius 2 is 1.68 bits per heavy atom. The second-order valence-corrected chi connectivity index (χ2v) is 13.6. The molecule has 3 unspecified atom stereocenters. The number of benzene rings is 2. The molecule has 2 N–H and O–H groups in total. The summed E-state index contributed by atoms with van der Waals surface area (Å²) in [6.07, 6.45) is 1.12. The molecular weight excluding hydrogens is 607 g/mol. The van der Waals surface area contributed by atoms with Crippen LogP contribution < -0.4 is 10.1 Å². The second kappa shape index (κ2) is 13.1. The van der Waals surface area contributed by atoms with Gasteiger partial charge in [0.15, 0.2) is 0 Å². The van der Waals surface area contributed by atoms with Gasteiger partial charge < -0.3 is 19.9 Å². The Morgan fingerprint density at radius 3 is 2.23 bits per heavy atom. The maximum atomic E-state index is 14.1. The number of ether oxygens (including phenoxy) is 2. The van der Waals surface area contributed by atoms with Gasteiger partial charge in [0.05, 0.1) is 19.1 Å². The van der Waals surface area contributed by atoms with Crippen molar-refractivity contribution < 1.29 is 38.2 Å². The molecule has 2 aromatic carbocycles. The molecule has 238 valence electrons. The molecule has 0 bridgehead atoms. The Morgan fingerprint density at radius 1 is 1.05 bits per heavy atom. The van der Waals surface area contributed by atoms with E-state index in [4.69, 9.17) is 32.7 Å². The van der Waals surface area contributed by atoms with Crippen molar-refractivity contribution in [2.45, 2.75) is 78.5 Å². The Labute approximate surface area is 268 Å². The Bertz CT molecular complexity index is 1410. The van der Waals surface area contributed by atoms with Crippen molar-refractivity contribution in [2.75, 3.05) is 13.7 Å². The SMILES string of the molecule is COC(=O)C(Cc1ccc(OCc2c(Cl)cccc2Cl)cc1)NC(=O)[C@H]1CCC(C)(C(=O)[N@+]2(C(=O)O)CCCC2C)C1(C)C. The molecule has 11 heteroatoms. The van der Waals surface area contributed by atoms with Crippen molar-refractivity contribution in [3.8, 4) is 5.75 Å². The predicted molar refractivity (Wildman–Crippen MR) is 166 cm³/mol. The van der Waals surface area contributed by atoms with Crippen LogP contribution in [0.4, 0.5) is 4.79 Å². The number of carbonyl (C=O) groups excluding carboxylic acids is 3. The summed E-state index contributed by atoms with van der Waals surface area (Å²) in [5.41, 5.74) is -0.459. The number of quaternary nitrogens is 1. The van der Waals surface area contributed by atoms with Crippen LogP contribution in [-0.4, -0.2) is 59.2 Å². The molecule has 2 aromatic rings. The molecule has 0 radical (unpaired) electrons. The van der Waals surface area contributed by atoms with E-state index in [-0.39, 0.29) is 37.4 Å². The summed E-state index contributed by atoms with van der Waals surface area (Å²) in [4.78, 5) is 53.1. The highest BCUT2D eigenvalue weighted by Gasteiger charge is 2.67. The lowest BCUT2D eigenvalue weighted by molar-refractivity contribution is -0.796. The molecule has 44 heavy (non-hydrogen) atoms. The first-order valence-corrected chi connectivity index (χ1v) is 15.6. The highest BCUT2D eigenvalue weighted by Crippen LogP contribution is 2.58. The van der Waals surface area contributed by atoms with Crippen molar-refractivity contribution in [2.24, 2.45) is 16.7 Å². The number of amides is 3. The largest absolute Gasteiger partial charge is 0.521 e. The number of likely N-dealkylation sites (tertiary alicyclic amines) is 1. The van der Waals surface area contributed by atoms with Gasteiger partial charge in [-0.15, -0.1) is 0 Å². The summed E-state index contributed by atoms with van der Waals surface area (Å²) in [5, 5.41) is 14.1. The van der Waals surface area contributed by atoms with Gasteiger partial charge in [0, 0.05) is 40.8 Å². The van der Waals surface area contributed by atoms with E-state index < -0.39 is 39.3 Å². The molecule has 3 amide bonds. The van der Waals surface area contributed by atoms with E-state index in [2.05, 4.69) is 5.32 Å². The molecule has 1 saturated carbocycles. The number of nitrogens with one attached hydrogen (secondary N) is 1. The number of rotatable bonds is 9. The van der Waals surface area contributed by atoms with E-state index in [9.17, 15) is 24.3 Å². The van der Waals surface area contributed by atoms with Crippen LogP contribution in [0.5, 0.6) is 5.75 Å². The maximum Gasteiger partial charge on any atom is 0.521 e. The van der Waals surface area contributed by atoms with Crippen LogP contribution >= 0.6 is 23.2 Å². The van der Waals surface area contributed by atoms with Crippen LogP contribution in [-0.2, 0) is 32.1 Å². The van der Waals surface area contributed by atoms with E-state index in [1.807, 2.05) is 20.8 Å². The van der Waals surface area contributed by atoms with Crippen LogP contribution in [0.25, 0.3) is 0 Å². The van der Waals surface area contributed by atoms with Crippen molar-refractivity contribution in [3.63, 3.8) is 0 Å². The number of methoxy groups -OCH3 is 1. The number of carbonyl (C=O) groups is 4. The predicted octanol–water partition coefficient (Wildman–Crippen LogP) is 6.42. The average molecular weight is 649 g/mol. The summed E-state index contributed by atoms with van der Waals surface area (Å²) >= 11 is 12.5. The van der Waals surface area contributed by atoms with Gasteiger partial charge in [-0.3, -0.25) is 4.79 Å². The lowest BCUT2D eigenvalue weighted by Crippen LogP contribution is -2.65. The van der Waals surface area contributed by atoms with Gasteiger partial charge in [-0.25, -0.2) is 9.59 Å². The molecule has 1 saturated heterocycles. The molecule has 5 atom stereocenters. The minimum Gasteiger partial charge on any atom is -0.489 e. The average Bonchev–Trinajstić information content (AvgIpc) is 3.49. The lowest BCUT2D eigenvalue weighted by atomic mass is 9.64. The molecule has 1 aliphatic carbocycles. The van der Waals surface area contributed by atoms with Crippen LogP contribution in [0.15, 0.2) is 42.5 Å². The van der Waals surface area contributed by atoms with Gasteiger partial charge in [-0.05, 0) is 61.9 Å². The van der Waals surface area contributed by atoms with Crippen LogP contribution in [0.2, 0.25) is 10.0 Å². The van der Waals surface area contributed by atoms with Gasteiger partial charge in [0.2, 0.25) is 5.91 Å². The number of esters is 1. The number of imide groups is 1. The maximum absolute atomic E-state index is 14.1. The lowest BCUT2D eigenvalue weighted by Gasteiger charge is -2.43. The molecule has 4 rings (SSSR count). The van der Waals surface area contributed by atoms with Crippen LogP contribution in [0, 0.1) is 16.7 Å². The number of hydrogen-bond acceptors (Lipinski definition) is 6. The van der Waals surface area contributed by atoms with Crippen molar-refractivity contribution in [1.82, 2.24) is 5.32 Å².